The molecule has 0 aromatic heterocycles. The highest BCUT2D eigenvalue weighted by molar-refractivity contribution is 6.07. The van der Waals surface area contributed by atoms with Crippen molar-refractivity contribution in [3.05, 3.63) is 12.2 Å². The summed E-state index contributed by atoms with van der Waals surface area (Å²) in [4.78, 5) is 25.8. The Balaban J connectivity index is 1.72. The minimum absolute atomic E-state index is 0.00589. The lowest BCUT2D eigenvalue weighted by Crippen LogP contribution is -2.47. The van der Waals surface area contributed by atoms with Crippen LogP contribution in [0.15, 0.2) is 12.2 Å². The number of rotatable bonds is 0. The van der Waals surface area contributed by atoms with Gasteiger partial charge in [-0.25, -0.2) is 0 Å². The van der Waals surface area contributed by atoms with E-state index < -0.39 is 5.60 Å². The van der Waals surface area contributed by atoms with Gasteiger partial charge >= 0.3 is 0 Å². The summed E-state index contributed by atoms with van der Waals surface area (Å²) in [6, 6.07) is 0. The Kier molecular flexibility index (Phi) is 3.09. The summed E-state index contributed by atoms with van der Waals surface area (Å²) in [7, 11) is 0. The molecule has 1 aliphatic heterocycles. The van der Waals surface area contributed by atoms with Gasteiger partial charge in [0.2, 0.25) is 0 Å². The Labute approximate surface area is 138 Å². The number of fused-ring (bicyclic) bond motifs is 1. The first-order valence-electron chi connectivity index (χ1n) is 9.17. The van der Waals surface area contributed by atoms with Crippen molar-refractivity contribution >= 4 is 11.6 Å². The van der Waals surface area contributed by atoms with Crippen molar-refractivity contribution in [1.29, 1.82) is 0 Å². The van der Waals surface area contributed by atoms with Gasteiger partial charge in [0.25, 0.3) is 0 Å². The first-order valence-corrected chi connectivity index (χ1v) is 9.17. The summed E-state index contributed by atoms with van der Waals surface area (Å²) in [5.41, 5.74) is 0.0601. The zero-order valence-corrected chi connectivity index (χ0v) is 14.6. The van der Waals surface area contributed by atoms with Crippen LogP contribution in [0.25, 0.3) is 0 Å². The quantitative estimate of drug-likeness (QED) is 0.503. The van der Waals surface area contributed by atoms with Gasteiger partial charge in [-0.15, -0.1) is 0 Å². The number of carbonyl (C=O) groups is 2. The first-order chi connectivity index (χ1) is 10.7. The third-order valence-corrected chi connectivity index (χ3v) is 7.58. The summed E-state index contributed by atoms with van der Waals surface area (Å²) in [6.45, 7) is 10.8. The standard InChI is InChI=1S/C20H28O3/c1-12-13-6-7-15(21)19(4)10-5-9-18(2,3)14(19)8-11-20(16(12)22)17(13)23-20/h13-14,17H,1,5-11H2,2-4H3. The molecule has 2 bridgehead atoms. The van der Waals surface area contributed by atoms with Gasteiger partial charge in [0.05, 0.1) is 0 Å². The highest BCUT2D eigenvalue weighted by atomic mass is 16.6. The largest absolute Gasteiger partial charge is 0.357 e. The van der Waals surface area contributed by atoms with E-state index in [9.17, 15) is 9.59 Å². The predicted molar refractivity (Wildman–Crippen MR) is 87.9 cm³/mol. The maximum Gasteiger partial charge on any atom is 0.193 e. The van der Waals surface area contributed by atoms with E-state index in [1.165, 1.54) is 6.42 Å². The maximum atomic E-state index is 13.1. The molecule has 23 heavy (non-hydrogen) atoms. The molecule has 4 fully saturated rings. The molecule has 5 unspecified atom stereocenters. The monoisotopic (exact) mass is 316 g/mol. The molecule has 3 aliphatic carbocycles. The predicted octanol–water partition coefficient (Wildman–Crippen LogP) is 3.85. The molecular weight excluding hydrogens is 288 g/mol. The number of epoxide rings is 1. The van der Waals surface area contributed by atoms with Gasteiger partial charge in [0.15, 0.2) is 11.4 Å². The minimum Gasteiger partial charge on any atom is -0.357 e. The van der Waals surface area contributed by atoms with E-state index >= 15 is 0 Å². The zero-order valence-electron chi connectivity index (χ0n) is 14.6. The summed E-state index contributed by atoms with van der Waals surface area (Å²) >= 11 is 0. The average molecular weight is 316 g/mol. The Morgan fingerprint density at radius 2 is 1.83 bits per heavy atom. The van der Waals surface area contributed by atoms with Crippen LogP contribution in [0.1, 0.15) is 65.7 Å². The van der Waals surface area contributed by atoms with Crippen LogP contribution in [-0.2, 0) is 14.3 Å². The molecule has 4 rings (SSSR count). The number of ether oxygens (including phenoxy) is 1. The van der Waals surface area contributed by atoms with Gasteiger partial charge in [-0.05, 0) is 49.0 Å². The molecule has 126 valence electrons. The Morgan fingerprint density at radius 1 is 1.09 bits per heavy atom. The smallest absolute Gasteiger partial charge is 0.193 e. The van der Waals surface area contributed by atoms with Crippen LogP contribution in [0.2, 0.25) is 0 Å². The number of hydrogen-bond acceptors (Lipinski definition) is 3. The molecule has 3 heteroatoms. The molecule has 0 N–H and O–H groups in total. The summed E-state index contributed by atoms with van der Waals surface area (Å²) < 4.78 is 5.91. The van der Waals surface area contributed by atoms with Crippen molar-refractivity contribution in [1.82, 2.24) is 0 Å². The van der Waals surface area contributed by atoms with E-state index in [0.717, 1.165) is 32.1 Å². The highest BCUT2D eigenvalue weighted by Crippen LogP contribution is 2.61. The average Bonchev–Trinajstić information content (AvgIpc) is 3.15. The molecule has 0 aromatic carbocycles. The normalized spacial score (nSPS) is 48.7. The van der Waals surface area contributed by atoms with Crippen molar-refractivity contribution in [2.24, 2.45) is 22.7 Å². The van der Waals surface area contributed by atoms with Gasteiger partial charge in [-0.3, -0.25) is 9.59 Å². The number of carbonyl (C=O) groups excluding carboxylic acids is 2. The van der Waals surface area contributed by atoms with E-state index in [4.69, 9.17) is 4.74 Å². The second-order valence-corrected chi connectivity index (χ2v) is 9.20. The lowest BCUT2D eigenvalue weighted by Gasteiger charge is -2.50. The van der Waals surface area contributed by atoms with Gasteiger partial charge in [-0.1, -0.05) is 33.8 Å². The molecule has 0 aromatic rings. The SMILES string of the molecule is C=C1C(=O)C23CCC4C(C)(C)CCCC4(C)C(=O)CCC1C2O3. The van der Waals surface area contributed by atoms with E-state index in [1.807, 2.05) is 0 Å². The summed E-state index contributed by atoms with van der Waals surface area (Å²) in [5.74, 6) is 0.935. The topological polar surface area (TPSA) is 46.7 Å². The van der Waals surface area contributed by atoms with Crippen molar-refractivity contribution < 1.29 is 14.3 Å². The molecule has 5 atom stereocenters. The Morgan fingerprint density at radius 3 is 2.57 bits per heavy atom. The fourth-order valence-electron chi connectivity index (χ4n) is 6.14. The molecule has 3 nitrogen and oxygen atoms in total. The fourth-order valence-corrected chi connectivity index (χ4v) is 6.14. The van der Waals surface area contributed by atoms with Crippen LogP contribution in [-0.4, -0.2) is 23.3 Å². The van der Waals surface area contributed by atoms with E-state index in [2.05, 4.69) is 27.4 Å². The molecular formula is C20H28O3. The third kappa shape index (κ3) is 1.92. The third-order valence-electron chi connectivity index (χ3n) is 7.58. The van der Waals surface area contributed by atoms with Crippen LogP contribution in [0.5, 0.6) is 0 Å². The van der Waals surface area contributed by atoms with Crippen molar-refractivity contribution in [2.75, 3.05) is 0 Å². The molecule has 1 heterocycles. The maximum absolute atomic E-state index is 13.1. The van der Waals surface area contributed by atoms with Crippen molar-refractivity contribution in [3.63, 3.8) is 0 Å². The second kappa shape index (κ2) is 4.56. The van der Waals surface area contributed by atoms with Gasteiger partial charge < -0.3 is 4.74 Å². The van der Waals surface area contributed by atoms with Crippen LogP contribution >= 0.6 is 0 Å². The molecule has 4 aliphatic rings. The lowest BCUT2D eigenvalue weighted by atomic mass is 9.53. The van der Waals surface area contributed by atoms with Crippen molar-refractivity contribution in [2.45, 2.75) is 77.4 Å². The molecule has 0 spiro atoms. The van der Waals surface area contributed by atoms with E-state index in [0.29, 0.717) is 23.7 Å². The Bertz CT molecular complexity index is 604. The molecule has 0 amide bonds. The first kappa shape index (κ1) is 15.6. The van der Waals surface area contributed by atoms with E-state index in [1.54, 1.807) is 0 Å². The van der Waals surface area contributed by atoms with Gasteiger partial charge in [0.1, 0.15) is 11.9 Å². The van der Waals surface area contributed by atoms with Crippen LogP contribution in [0, 0.1) is 22.7 Å². The summed E-state index contributed by atoms with van der Waals surface area (Å²) in [5, 5.41) is 0. The van der Waals surface area contributed by atoms with Crippen LogP contribution in [0.3, 0.4) is 0 Å². The van der Waals surface area contributed by atoms with E-state index in [-0.39, 0.29) is 28.6 Å². The van der Waals surface area contributed by atoms with Gasteiger partial charge in [-0.2, -0.15) is 0 Å². The number of hydrogen-bond donors (Lipinski definition) is 0. The highest BCUT2D eigenvalue weighted by Gasteiger charge is 2.71. The van der Waals surface area contributed by atoms with Crippen LogP contribution < -0.4 is 0 Å². The number of ketones is 2. The van der Waals surface area contributed by atoms with Crippen LogP contribution in [0.4, 0.5) is 0 Å². The lowest BCUT2D eigenvalue weighted by molar-refractivity contribution is -0.139. The molecule has 1 saturated heterocycles. The fraction of sp³-hybridized carbons (Fsp3) is 0.800. The molecule has 0 radical (unpaired) electrons. The summed E-state index contributed by atoms with van der Waals surface area (Å²) in [6.07, 6.45) is 6.28. The Hall–Kier alpha value is -0.960. The zero-order chi connectivity index (χ0) is 16.6. The van der Waals surface area contributed by atoms with Gasteiger partial charge in [0, 0.05) is 17.8 Å². The molecule has 3 saturated carbocycles. The number of Topliss-reactive ketones (excluding diaryl/α,β-unsaturated/α-hetero) is 2. The second-order valence-electron chi connectivity index (χ2n) is 9.20. The van der Waals surface area contributed by atoms with Crippen molar-refractivity contribution in [3.8, 4) is 0 Å². The minimum atomic E-state index is -0.573.